The van der Waals surface area contributed by atoms with Crippen LogP contribution in [0.25, 0.3) is 0 Å². The second-order valence-corrected chi connectivity index (χ2v) is 12.6. The molecular formula is C31H49FN4O6. The Kier molecular flexibility index (Phi) is 13.2. The molecule has 4 atom stereocenters. The molecule has 1 aliphatic heterocycles. The zero-order chi connectivity index (χ0) is 31.6. The number of carbonyl (C=O) groups excluding carboxylic acids is 4. The highest BCUT2D eigenvalue weighted by atomic mass is 19.1. The molecule has 1 fully saturated rings. The van der Waals surface area contributed by atoms with Gasteiger partial charge in [0.2, 0.25) is 23.6 Å². The summed E-state index contributed by atoms with van der Waals surface area (Å²) in [6, 6.07) is 2.10. The Hall–Kier alpha value is -3.21. The van der Waals surface area contributed by atoms with Gasteiger partial charge in [0, 0.05) is 32.4 Å². The molecule has 0 bridgehead atoms. The standard InChI is InChI=1S/C31H49FN4O6/c1-19-14-22(28(32)25(15-19)42-18-23(34-21(3)37)12-13-26(33)39)10-8-7-9-11-27(40)35-29(31(4,5)6)30(41)36-17-24(38)16-20(36)2/h14-15,20,23-24,29,38H,7-13,16-18H2,1-6H3,(H2,33,39)(H,34,37)(H,35,40)/t20-,23+,24-,29-/m1/s1. The Morgan fingerprint density at radius 1 is 1.14 bits per heavy atom. The van der Waals surface area contributed by atoms with Crippen LogP contribution in [0.5, 0.6) is 5.75 Å². The maximum absolute atomic E-state index is 15.2. The predicted molar refractivity (Wildman–Crippen MR) is 158 cm³/mol. The summed E-state index contributed by atoms with van der Waals surface area (Å²) in [7, 11) is 0. The number of hydrogen-bond acceptors (Lipinski definition) is 6. The van der Waals surface area contributed by atoms with Gasteiger partial charge in [0.05, 0.1) is 12.1 Å². The number of aryl methyl sites for hydroxylation is 2. The van der Waals surface area contributed by atoms with Gasteiger partial charge in [-0.05, 0) is 68.6 Å². The van der Waals surface area contributed by atoms with Crippen LogP contribution in [0.1, 0.15) is 90.7 Å². The van der Waals surface area contributed by atoms with E-state index < -0.39 is 35.3 Å². The number of unbranched alkanes of at least 4 members (excludes halogenated alkanes) is 2. The molecule has 0 saturated carbocycles. The number of aliphatic hydroxyl groups excluding tert-OH is 1. The van der Waals surface area contributed by atoms with E-state index in [-0.39, 0.29) is 61.9 Å². The highest BCUT2D eigenvalue weighted by Gasteiger charge is 2.40. The van der Waals surface area contributed by atoms with Crippen molar-refractivity contribution in [1.29, 1.82) is 0 Å². The Morgan fingerprint density at radius 2 is 1.83 bits per heavy atom. The van der Waals surface area contributed by atoms with Crippen LogP contribution in [-0.2, 0) is 25.6 Å². The lowest BCUT2D eigenvalue weighted by Gasteiger charge is -2.35. The normalized spacial score (nSPS) is 18.3. The number of hydrogen-bond donors (Lipinski definition) is 4. The van der Waals surface area contributed by atoms with Crippen molar-refractivity contribution in [1.82, 2.24) is 15.5 Å². The number of ether oxygens (including phenoxy) is 1. The highest BCUT2D eigenvalue weighted by Crippen LogP contribution is 2.27. The van der Waals surface area contributed by atoms with E-state index in [9.17, 15) is 24.3 Å². The van der Waals surface area contributed by atoms with Crippen LogP contribution < -0.4 is 21.1 Å². The molecule has 2 rings (SSSR count). The highest BCUT2D eigenvalue weighted by molar-refractivity contribution is 5.88. The van der Waals surface area contributed by atoms with Crippen molar-refractivity contribution >= 4 is 23.6 Å². The lowest BCUT2D eigenvalue weighted by Crippen LogP contribution is -2.55. The second-order valence-electron chi connectivity index (χ2n) is 12.6. The van der Waals surface area contributed by atoms with Crippen molar-refractivity contribution in [3.8, 4) is 5.75 Å². The van der Waals surface area contributed by atoms with Gasteiger partial charge in [0.15, 0.2) is 11.6 Å². The largest absolute Gasteiger partial charge is 0.488 e. The van der Waals surface area contributed by atoms with E-state index in [0.717, 1.165) is 5.56 Å². The van der Waals surface area contributed by atoms with Gasteiger partial charge in [0.25, 0.3) is 0 Å². The van der Waals surface area contributed by atoms with Gasteiger partial charge in [-0.15, -0.1) is 0 Å². The zero-order valence-corrected chi connectivity index (χ0v) is 25.9. The average Bonchev–Trinajstić information content (AvgIpc) is 3.22. The molecule has 5 N–H and O–H groups in total. The fourth-order valence-corrected chi connectivity index (χ4v) is 5.22. The van der Waals surface area contributed by atoms with Crippen molar-refractivity contribution in [2.75, 3.05) is 13.2 Å². The summed E-state index contributed by atoms with van der Waals surface area (Å²) in [6.07, 6.45) is 2.99. The van der Waals surface area contributed by atoms with E-state index >= 15 is 4.39 Å². The van der Waals surface area contributed by atoms with E-state index in [0.29, 0.717) is 37.7 Å². The molecule has 0 aromatic heterocycles. The number of halogens is 1. The first-order chi connectivity index (χ1) is 19.6. The van der Waals surface area contributed by atoms with E-state index in [4.69, 9.17) is 10.5 Å². The van der Waals surface area contributed by atoms with E-state index in [1.807, 2.05) is 34.6 Å². The number of primary amides is 1. The van der Waals surface area contributed by atoms with Crippen molar-refractivity contribution < 1.29 is 33.4 Å². The number of nitrogens with one attached hydrogen (secondary N) is 2. The van der Waals surface area contributed by atoms with Crippen LogP contribution in [-0.4, -0.2) is 71.0 Å². The van der Waals surface area contributed by atoms with Crippen LogP contribution in [0.15, 0.2) is 12.1 Å². The summed E-state index contributed by atoms with van der Waals surface area (Å²) in [5.74, 6) is -1.55. The van der Waals surface area contributed by atoms with Gasteiger partial charge < -0.3 is 31.1 Å². The van der Waals surface area contributed by atoms with E-state index in [1.54, 1.807) is 17.0 Å². The second kappa shape index (κ2) is 15.9. The fraction of sp³-hybridized carbons (Fsp3) is 0.677. The predicted octanol–water partition coefficient (Wildman–Crippen LogP) is 2.90. The fourth-order valence-electron chi connectivity index (χ4n) is 5.22. The molecule has 236 valence electrons. The van der Waals surface area contributed by atoms with E-state index in [1.165, 1.54) is 6.92 Å². The topological polar surface area (TPSA) is 151 Å². The molecule has 1 saturated heterocycles. The third-order valence-corrected chi connectivity index (χ3v) is 7.45. The lowest BCUT2D eigenvalue weighted by molar-refractivity contribution is -0.140. The van der Waals surface area contributed by atoms with Crippen LogP contribution in [0.3, 0.4) is 0 Å². The van der Waals surface area contributed by atoms with Crippen LogP contribution in [0.4, 0.5) is 4.39 Å². The van der Waals surface area contributed by atoms with Crippen LogP contribution in [0, 0.1) is 18.2 Å². The summed E-state index contributed by atoms with van der Waals surface area (Å²) in [5, 5.41) is 15.6. The Labute approximate surface area is 248 Å². The molecular weight excluding hydrogens is 543 g/mol. The van der Waals surface area contributed by atoms with Gasteiger partial charge in [-0.25, -0.2) is 4.39 Å². The molecule has 4 amide bonds. The summed E-state index contributed by atoms with van der Waals surface area (Å²) >= 11 is 0. The Balaban J connectivity index is 1.88. The number of amides is 4. The van der Waals surface area contributed by atoms with E-state index in [2.05, 4.69) is 10.6 Å². The number of rotatable bonds is 15. The van der Waals surface area contributed by atoms with Crippen LogP contribution in [0.2, 0.25) is 0 Å². The minimum absolute atomic E-state index is 0.00288. The first-order valence-corrected chi connectivity index (χ1v) is 14.8. The van der Waals surface area contributed by atoms with Gasteiger partial charge >= 0.3 is 0 Å². The zero-order valence-electron chi connectivity index (χ0n) is 25.9. The first kappa shape index (κ1) is 35.0. The summed E-state index contributed by atoms with van der Waals surface area (Å²) in [5.41, 5.74) is 6.05. The molecule has 42 heavy (non-hydrogen) atoms. The smallest absolute Gasteiger partial charge is 0.246 e. The molecule has 0 radical (unpaired) electrons. The molecule has 11 heteroatoms. The third kappa shape index (κ3) is 11.2. The molecule has 1 aromatic rings. The van der Waals surface area contributed by atoms with Gasteiger partial charge in [-0.2, -0.15) is 0 Å². The van der Waals surface area contributed by atoms with Gasteiger partial charge in [-0.1, -0.05) is 33.3 Å². The number of β-amino-alcohol motifs (C(OH)–C–C–N with tert-alkyl or cyclic N) is 1. The van der Waals surface area contributed by atoms with Gasteiger partial charge in [-0.3, -0.25) is 19.2 Å². The molecule has 0 aliphatic carbocycles. The molecule has 0 unspecified atom stereocenters. The Bertz CT molecular complexity index is 1110. The van der Waals surface area contributed by atoms with Crippen molar-refractivity contribution in [3.05, 3.63) is 29.1 Å². The lowest BCUT2D eigenvalue weighted by atomic mass is 9.85. The van der Waals surface area contributed by atoms with Crippen molar-refractivity contribution in [2.24, 2.45) is 11.1 Å². The number of likely N-dealkylation sites (tertiary alicyclic amines) is 1. The number of aliphatic hydroxyl groups is 1. The van der Waals surface area contributed by atoms with Crippen molar-refractivity contribution in [2.45, 2.75) is 117 Å². The SMILES string of the molecule is CC(=O)N[C@@H](CCC(N)=O)COc1cc(C)cc(CCCCCC(=O)N[C@H](C(=O)N2C[C@H](O)C[C@H]2C)C(C)(C)C)c1F. The molecule has 10 nitrogen and oxygen atoms in total. The molecule has 0 spiro atoms. The maximum Gasteiger partial charge on any atom is 0.246 e. The minimum atomic E-state index is -0.696. The molecule has 1 aromatic carbocycles. The summed E-state index contributed by atoms with van der Waals surface area (Å²) < 4.78 is 20.9. The maximum atomic E-state index is 15.2. The average molecular weight is 593 g/mol. The number of nitrogens with two attached hydrogens (primary N) is 1. The number of benzene rings is 1. The summed E-state index contributed by atoms with van der Waals surface area (Å²) in [6.45, 7) is 11.1. The van der Waals surface area contributed by atoms with Crippen molar-refractivity contribution in [3.63, 3.8) is 0 Å². The molecule has 1 aliphatic rings. The summed E-state index contributed by atoms with van der Waals surface area (Å²) in [4.78, 5) is 50.3. The first-order valence-electron chi connectivity index (χ1n) is 14.8. The van der Waals surface area contributed by atoms with Gasteiger partial charge in [0.1, 0.15) is 12.6 Å². The molecule has 1 heterocycles. The Morgan fingerprint density at radius 3 is 2.40 bits per heavy atom. The monoisotopic (exact) mass is 592 g/mol. The van der Waals surface area contributed by atoms with Crippen LogP contribution >= 0.6 is 0 Å². The third-order valence-electron chi connectivity index (χ3n) is 7.45. The quantitative estimate of drug-likeness (QED) is 0.230. The minimum Gasteiger partial charge on any atom is -0.488 e. The number of nitrogens with zero attached hydrogens (tertiary/aromatic N) is 1. The number of carbonyl (C=O) groups is 4.